The van der Waals surface area contributed by atoms with Crippen LogP contribution in [0.25, 0.3) is 0 Å². The van der Waals surface area contributed by atoms with Gasteiger partial charge in [-0.25, -0.2) is 18.0 Å². The number of carbonyl (C=O) groups is 2. The molecule has 0 amide bonds. The fraction of sp³-hybridized carbons (Fsp3) is 0.481. The minimum Gasteiger partial charge on any atom is -0.744 e. The van der Waals surface area contributed by atoms with Gasteiger partial charge in [0.05, 0.1) is 26.0 Å². The van der Waals surface area contributed by atoms with Crippen molar-refractivity contribution >= 4 is 22.1 Å². The van der Waals surface area contributed by atoms with E-state index in [2.05, 4.69) is 0 Å². The highest BCUT2D eigenvalue weighted by molar-refractivity contribution is 7.85. The second-order valence-electron chi connectivity index (χ2n) is 10.2. The molecule has 0 heterocycles. The molecule has 3 rings (SSSR count). The standard InChI is InChI=1S/C20H30NO5.C7H8O3S/c1-21(2,3)13-14-25-18(22)15-26-19(23)20(24,17-11-7-8-12-17)16-9-5-4-6-10-16;1-6-2-4-7(5-3-6)11(8,9)10/h4-6,9-10,17,24H,7-8,11-15H2,1-3H3;2-5H,1H3,(H,8,9,10)/q+1;/p-1. The third-order valence-electron chi connectivity index (χ3n) is 6.13. The average Bonchev–Trinajstić information content (AvgIpc) is 3.37. The van der Waals surface area contributed by atoms with Gasteiger partial charge in [0.15, 0.2) is 12.2 Å². The Balaban J connectivity index is 0.000000364. The van der Waals surface area contributed by atoms with E-state index >= 15 is 0 Å². The van der Waals surface area contributed by atoms with Gasteiger partial charge in [0.1, 0.15) is 23.3 Å². The van der Waals surface area contributed by atoms with E-state index in [0.717, 1.165) is 31.2 Å². The normalized spacial score (nSPS) is 15.7. The second-order valence-corrected chi connectivity index (χ2v) is 11.6. The Hall–Kier alpha value is -2.79. The van der Waals surface area contributed by atoms with Crippen molar-refractivity contribution in [1.29, 1.82) is 0 Å². The lowest BCUT2D eigenvalue weighted by Gasteiger charge is -2.32. The number of hydrogen-bond donors (Lipinski definition) is 1. The van der Waals surface area contributed by atoms with Gasteiger partial charge in [-0.2, -0.15) is 0 Å². The van der Waals surface area contributed by atoms with Gasteiger partial charge in [-0.05, 0) is 37.5 Å². The molecule has 37 heavy (non-hydrogen) atoms. The summed E-state index contributed by atoms with van der Waals surface area (Å²) >= 11 is 0. The van der Waals surface area contributed by atoms with Gasteiger partial charge in [-0.1, -0.05) is 60.9 Å². The number of hydrogen-bond acceptors (Lipinski definition) is 8. The Morgan fingerprint density at radius 1 is 1.00 bits per heavy atom. The summed E-state index contributed by atoms with van der Waals surface area (Å²) in [7, 11) is 1.72. The number of nitrogens with zero attached hydrogens (tertiary/aromatic N) is 1. The second kappa shape index (κ2) is 13.1. The van der Waals surface area contributed by atoms with Crippen LogP contribution in [0.15, 0.2) is 59.5 Å². The lowest BCUT2D eigenvalue weighted by molar-refractivity contribution is -0.870. The molecular weight excluding hydrogens is 498 g/mol. The number of quaternary nitrogens is 1. The minimum atomic E-state index is -4.27. The monoisotopic (exact) mass is 535 g/mol. The summed E-state index contributed by atoms with van der Waals surface area (Å²) in [5.74, 6) is -1.58. The highest BCUT2D eigenvalue weighted by atomic mass is 32.2. The number of carbonyl (C=O) groups excluding carboxylic acids is 2. The first kappa shape index (κ1) is 30.4. The van der Waals surface area contributed by atoms with Gasteiger partial charge in [0.25, 0.3) is 0 Å². The molecule has 1 atom stereocenters. The summed E-state index contributed by atoms with van der Waals surface area (Å²) in [6, 6.07) is 14.6. The number of aliphatic hydroxyl groups is 1. The van der Waals surface area contributed by atoms with E-state index in [9.17, 15) is 27.7 Å². The number of rotatable bonds is 9. The maximum absolute atomic E-state index is 12.7. The SMILES string of the molecule is C[N+](C)(C)CCOC(=O)COC(=O)C(O)(c1ccccc1)C1CCCC1.Cc1ccc(S(=O)(=O)[O-])cc1. The van der Waals surface area contributed by atoms with Gasteiger partial charge in [-0.3, -0.25) is 0 Å². The first-order valence-electron chi connectivity index (χ1n) is 12.2. The molecule has 204 valence electrons. The van der Waals surface area contributed by atoms with Crippen LogP contribution in [0.4, 0.5) is 0 Å². The predicted octanol–water partition coefficient (Wildman–Crippen LogP) is 2.76. The van der Waals surface area contributed by atoms with E-state index in [1.54, 1.807) is 36.4 Å². The molecule has 2 aromatic carbocycles. The van der Waals surface area contributed by atoms with Crippen LogP contribution in [0.2, 0.25) is 0 Å². The summed E-state index contributed by atoms with van der Waals surface area (Å²) in [4.78, 5) is 24.4. The largest absolute Gasteiger partial charge is 0.744 e. The Morgan fingerprint density at radius 2 is 1.57 bits per heavy atom. The van der Waals surface area contributed by atoms with Crippen molar-refractivity contribution < 1.29 is 41.6 Å². The Kier molecular flexibility index (Phi) is 10.8. The average molecular weight is 536 g/mol. The van der Waals surface area contributed by atoms with E-state index in [-0.39, 0.29) is 17.4 Å². The summed E-state index contributed by atoms with van der Waals surface area (Å²) in [6.07, 6.45) is 3.46. The fourth-order valence-corrected chi connectivity index (χ4v) is 4.44. The smallest absolute Gasteiger partial charge is 0.344 e. The van der Waals surface area contributed by atoms with Crippen molar-refractivity contribution in [2.75, 3.05) is 40.9 Å². The molecule has 1 unspecified atom stereocenters. The first-order valence-corrected chi connectivity index (χ1v) is 13.6. The minimum absolute atomic E-state index is 0.178. The number of esters is 2. The van der Waals surface area contributed by atoms with Crippen LogP contribution in [0.3, 0.4) is 0 Å². The molecule has 0 aromatic heterocycles. The van der Waals surface area contributed by atoms with Crippen LogP contribution < -0.4 is 0 Å². The molecule has 0 radical (unpaired) electrons. The zero-order valence-corrected chi connectivity index (χ0v) is 22.7. The van der Waals surface area contributed by atoms with E-state index in [4.69, 9.17) is 9.47 Å². The van der Waals surface area contributed by atoms with Gasteiger partial charge in [0, 0.05) is 5.92 Å². The topological polar surface area (TPSA) is 130 Å². The van der Waals surface area contributed by atoms with Gasteiger partial charge in [-0.15, -0.1) is 0 Å². The maximum Gasteiger partial charge on any atom is 0.344 e. The quantitative estimate of drug-likeness (QED) is 0.295. The van der Waals surface area contributed by atoms with Crippen molar-refractivity contribution in [3.63, 3.8) is 0 Å². The Morgan fingerprint density at radius 3 is 2.08 bits per heavy atom. The molecule has 9 nitrogen and oxygen atoms in total. The molecule has 2 aromatic rings. The number of ether oxygens (including phenoxy) is 2. The number of benzene rings is 2. The van der Waals surface area contributed by atoms with Crippen LogP contribution in [0, 0.1) is 12.8 Å². The molecule has 1 aliphatic carbocycles. The van der Waals surface area contributed by atoms with E-state index in [1.165, 1.54) is 12.1 Å². The van der Waals surface area contributed by atoms with Crippen molar-refractivity contribution in [1.82, 2.24) is 0 Å². The van der Waals surface area contributed by atoms with Gasteiger partial charge < -0.3 is 23.6 Å². The predicted molar refractivity (Wildman–Crippen MR) is 136 cm³/mol. The molecule has 1 N–H and O–H groups in total. The third-order valence-corrected chi connectivity index (χ3v) is 6.98. The van der Waals surface area contributed by atoms with E-state index in [1.807, 2.05) is 34.1 Å². The van der Waals surface area contributed by atoms with Crippen molar-refractivity contribution in [3.05, 3.63) is 65.7 Å². The summed E-state index contributed by atoms with van der Waals surface area (Å²) in [6.45, 7) is 2.25. The van der Waals surface area contributed by atoms with Crippen molar-refractivity contribution in [2.45, 2.75) is 43.1 Å². The Bertz CT molecular complexity index is 1120. The lowest BCUT2D eigenvalue weighted by atomic mass is 9.80. The zero-order chi connectivity index (χ0) is 27.7. The summed E-state index contributed by atoms with van der Waals surface area (Å²) < 4.78 is 42.1. The Labute approximate surface area is 219 Å². The lowest BCUT2D eigenvalue weighted by Crippen LogP contribution is -2.44. The molecule has 1 aliphatic rings. The summed E-state index contributed by atoms with van der Waals surface area (Å²) in [5.41, 5.74) is -0.284. The molecule has 1 fully saturated rings. The first-order chi connectivity index (χ1) is 17.2. The van der Waals surface area contributed by atoms with Crippen LogP contribution in [0.5, 0.6) is 0 Å². The highest BCUT2D eigenvalue weighted by Gasteiger charge is 2.48. The zero-order valence-electron chi connectivity index (χ0n) is 21.9. The molecule has 0 spiro atoms. The summed E-state index contributed by atoms with van der Waals surface area (Å²) in [5, 5.41) is 11.2. The number of aryl methyl sites for hydroxylation is 1. The fourth-order valence-electron chi connectivity index (χ4n) is 3.97. The van der Waals surface area contributed by atoms with Crippen molar-refractivity contribution in [3.8, 4) is 0 Å². The molecular formula is C27H37NO8S. The van der Waals surface area contributed by atoms with E-state index < -0.39 is 34.3 Å². The molecule has 10 heteroatoms. The molecule has 0 bridgehead atoms. The molecule has 0 saturated heterocycles. The van der Waals surface area contributed by atoms with Gasteiger partial charge in [0.2, 0.25) is 0 Å². The van der Waals surface area contributed by atoms with E-state index in [0.29, 0.717) is 16.6 Å². The van der Waals surface area contributed by atoms with Crippen LogP contribution >= 0.6 is 0 Å². The maximum atomic E-state index is 12.7. The molecule has 1 saturated carbocycles. The molecule has 0 aliphatic heterocycles. The van der Waals surface area contributed by atoms with Crippen LogP contribution in [-0.2, 0) is 34.8 Å². The van der Waals surface area contributed by atoms with Crippen molar-refractivity contribution in [2.24, 2.45) is 5.92 Å². The highest BCUT2D eigenvalue weighted by Crippen LogP contribution is 2.41. The number of likely N-dealkylation sites (N-methyl/N-ethyl adjacent to an activating group) is 1. The third kappa shape index (κ3) is 9.55. The van der Waals surface area contributed by atoms with Crippen LogP contribution in [0.1, 0.15) is 36.8 Å². The van der Waals surface area contributed by atoms with Crippen LogP contribution in [-0.4, -0.2) is 75.4 Å². The van der Waals surface area contributed by atoms with Gasteiger partial charge >= 0.3 is 11.9 Å².